The molecule has 1 aliphatic carbocycles. The van der Waals surface area contributed by atoms with Crippen LogP contribution in [0.1, 0.15) is 32.1 Å². The van der Waals surface area contributed by atoms with Crippen molar-refractivity contribution in [2.24, 2.45) is 5.92 Å². The third-order valence-electron chi connectivity index (χ3n) is 4.40. The van der Waals surface area contributed by atoms with Gasteiger partial charge in [-0.3, -0.25) is 9.78 Å². The number of allylic oxidation sites excluding steroid dienone is 2. The van der Waals surface area contributed by atoms with Crippen molar-refractivity contribution >= 4 is 5.91 Å². The Morgan fingerprint density at radius 2 is 2.13 bits per heavy atom. The number of rotatable bonds is 4. The Hall–Kier alpha value is -2.11. The molecule has 0 spiro atoms. The van der Waals surface area contributed by atoms with Crippen LogP contribution in [0.5, 0.6) is 11.8 Å². The van der Waals surface area contributed by atoms with Crippen LogP contribution in [0.3, 0.4) is 0 Å². The first-order chi connectivity index (χ1) is 11.3. The summed E-state index contributed by atoms with van der Waals surface area (Å²) in [5, 5.41) is 0. The summed E-state index contributed by atoms with van der Waals surface area (Å²) in [7, 11) is 1.55. The highest BCUT2D eigenvalue weighted by atomic mass is 16.5. The van der Waals surface area contributed by atoms with Crippen molar-refractivity contribution in [3.8, 4) is 11.8 Å². The van der Waals surface area contributed by atoms with Gasteiger partial charge in [0, 0.05) is 12.5 Å². The highest BCUT2D eigenvalue weighted by Crippen LogP contribution is 2.24. The molecular weight excluding hydrogens is 294 g/mol. The summed E-state index contributed by atoms with van der Waals surface area (Å²) >= 11 is 0. The Morgan fingerprint density at radius 3 is 2.91 bits per heavy atom. The number of ether oxygens (including phenoxy) is 2. The van der Waals surface area contributed by atoms with Gasteiger partial charge in [-0.2, -0.15) is 4.98 Å². The molecule has 1 aromatic rings. The first-order valence-corrected chi connectivity index (χ1v) is 8.22. The molecule has 1 fully saturated rings. The lowest BCUT2D eigenvalue weighted by Crippen LogP contribution is -2.46. The van der Waals surface area contributed by atoms with Gasteiger partial charge in [-0.25, -0.2) is 0 Å². The smallest absolute Gasteiger partial charge is 0.235 e. The van der Waals surface area contributed by atoms with Crippen molar-refractivity contribution in [3.05, 3.63) is 24.5 Å². The van der Waals surface area contributed by atoms with E-state index in [1.54, 1.807) is 19.5 Å². The van der Waals surface area contributed by atoms with E-state index >= 15 is 0 Å². The van der Waals surface area contributed by atoms with Gasteiger partial charge in [0.25, 0.3) is 0 Å². The van der Waals surface area contributed by atoms with Crippen LogP contribution < -0.4 is 9.47 Å². The van der Waals surface area contributed by atoms with Gasteiger partial charge in [0.2, 0.25) is 17.7 Å². The van der Waals surface area contributed by atoms with E-state index in [4.69, 9.17) is 9.47 Å². The van der Waals surface area contributed by atoms with Gasteiger partial charge in [0.1, 0.15) is 6.10 Å². The maximum Gasteiger partial charge on any atom is 0.235 e. The normalized spacial score (nSPS) is 24.3. The summed E-state index contributed by atoms with van der Waals surface area (Å²) < 4.78 is 11.0. The molecule has 124 valence electrons. The first-order valence-electron chi connectivity index (χ1n) is 8.22. The van der Waals surface area contributed by atoms with Gasteiger partial charge >= 0.3 is 0 Å². The number of aromatic nitrogens is 2. The molecule has 1 saturated heterocycles. The average Bonchev–Trinajstić information content (AvgIpc) is 2.62. The molecule has 0 aromatic carbocycles. The minimum atomic E-state index is -0.0340. The van der Waals surface area contributed by atoms with Crippen molar-refractivity contribution < 1.29 is 14.3 Å². The maximum absolute atomic E-state index is 12.6. The van der Waals surface area contributed by atoms with E-state index in [0.717, 1.165) is 38.6 Å². The molecule has 3 rings (SSSR count). The van der Waals surface area contributed by atoms with E-state index in [1.807, 2.05) is 4.90 Å². The summed E-state index contributed by atoms with van der Waals surface area (Å²) in [5.74, 6) is 1.28. The molecule has 6 nitrogen and oxygen atoms in total. The summed E-state index contributed by atoms with van der Waals surface area (Å²) in [6, 6.07) is 0. The molecule has 1 aromatic heterocycles. The second-order valence-electron chi connectivity index (χ2n) is 6.05. The number of piperidine rings is 1. The van der Waals surface area contributed by atoms with Gasteiger partial charge < -0.3 is 14.4 Å². The Bertz CT molecular complexity index is 576. The average molecular weight is 317 g/mol. The van der Waals surface area contributed by atoms with E-state index in [-0.39, 0.29) is 17.9 Å². The third-order valence-corrected chi connectivity index (χ3v) is 4.40. The van der Waals surface area contributed by atoms with Crippen LogP contribution in [0.2, 0.25) is 0 Å². The highest BCUT2D eigenvalue weighted by Gasteiger charge is 2.29. The largest absolute Gasteiger partial charge is 0.480 e. The molecule has 0 bridgehead atoms. The predicted molar refractivity (Wildman–Crippen MR) is 85.3 cm³/mol. The molecule has 23 heavy (non-hydrogen) atoms. The molecule has 2 heterocycles. The number of methoxy groups -OCH3 is 1. The molecule has 0 unspecified atom stereocenters. The van der Waals surface area contributed by atoms with Gasteiger partial charge in [-0.15, -0.1) is 0 Å². The molecule has 0 saturated carbocycles. The van der Waals surface area contributed by atoms with E-state index in [9.17, 15) is 4.79 Å². The van der Waals surface area contributed by atoms with Crippen molar-refractivity contribution in [2.45, 2.75) is 38.2 Å². The van der Waals surface area contributed by atoms with Crippen molar-refractivity contribution in [2.75, 3.05) is 20.2 Å². The topological polar surface area (TPSA) is 64.6 Å². The maximum atomic E-state index is 12.6. The van der Waals surface area contributed by atoms with E-state index in [1.165, 1.54) is 0 Å². The Kier molecular flexibility index (Phi) is 5.10. The predicted octanol–water partition coefficient (Wildman–Crippen LogP) is 2.21. The lowest BCUT2D eigenvalue weighted by atomic mass is 9.92. The van der Waals surface area contributed by atoms with Crippen LogP contribution in [-0.4, -0.2) is 47.1 Å². The van der Waals surface area contributed by atoms with Crippen LogP contribution >= 0.6 is 0 Å². The highest BCUT2D eigenvalue weighted by molar-refractivity contribution is 5.79. The number of carbonyl (C=O) groups is 1. The zero-order chi connectivity index (χ0) is 16.1. The molecule has 1 amide bonds. The number of carbonyl (C=O) groups excluding carboxylic acids is 1. The second kappa shape index (κ2) is 7.44. The van der Waals surface area contributed by atoms with Crippen LogP contribution in [-0.2, 0) is 4.79 Å². The summed E-state index contributed by atoms with van der Waals surface area (Å²) in [5.41, 5.74) is 0. The Morgan fingerprint density at radius 1 is 1.26 bits per heavy atom. The standard InChI is InChI=1S/C17H23N3O3/c1-22-15-10-18-11-16(19-15)23-14-8-5-9-20(12-14)17(21)13-6-3-2-4-7-13/h2-3,10-11,13-14H,4-9,12H2,1H3/t13-,14+/m0/s1. The van der Waals surface area contributed by atoms with Crippen LogP contribution in [0.4, 0.5) is 0 Å². The second-order valence-corrected chi connectivity index (χ2v) is 6.05. The zero-order valence-electron chi connectivity index (χ0n) is 13.5. The SMILES string of the molecule is COc1cncc(O[C@@H]2CCCN(C(=O)[C@H]3CC=CCC3)C2)n1. The lowest BCUT2D eigenvalue weighted by Gasteiger charge is -2.35. The summed E-state index contributed by atoms with van der Waals surface area (Å²) in [4.78, 5) is 22.9. The summed E-state index contributed by atoms with van der Waals surface area (Å²) in [6.45, 7) is 1.45. The first kappa shape index (κ1) is 15.8. The third kappa shape index (κ3) is 4.00. The van der Waals surface area contributed by atoms with E-state index in [2.05, 4.69) is 22.1 Å². The van der Waals surface area contributed by atoms with E-state index in [0.29, 0.717) is 18.3 Å². The zero-order valence-corrected chi connectivity index (χ0v) is 13.5. The number of hydrogen-bond acceptors (Lipinski definition) is 5. The summed E-state index contributed by atoms with van der Waals surface area (Å²) in [6.07, 6.45) is 12.1. The monoisotopic (exact) mass is 317 g/mol. The Labute approximate surface area is 136 Å². The fraction of sp³-hybridized carbons (Fsp3) is 0.588. The molecule has 2 aliphatic rings. The van der Waals surface area contributed by atoms with Gasteiger partial charge in [-0.05, 0) is 32.1 Å². The molecule has 1 aliphatic heterocycles. The van der Waals surface area contributed by atoms with Crippen LogP contribution in [0, 0.1) is 5.92 Å². The van der Waals surface area contributed by atoms with Crippen molar-refractivity contribution in [3.63, 3.8) is 0 Å². The molecule has 0 radical (unpaired) electrons. The molecule has 0 N–H and O–H groups in total. The minimum absolute atomic E-state index is 0.0340. The van der Waals surface area contributed by atoms with Crippen LogP contribution in [0.15, 0.2) is 24.5 Å². The minimum Gasteiger partial charge on any atom is -0.480 e. The van der Waals surface area contributed by atoms with Gasteiger partial charge in [0.15, 0.2) is 0 Å². The molecular formula is C17H23N3O3. The molecule has 6 heteroatoms. The Balaban J connectivity index is 1.59. The van der Waals surface area contributed by atoms with E-state index < -0.39 is 0 Å². The van der Waals surface area contributed by atoms with Gasteiger partial charge in [-0.1, -0.05) is 12.2 Å². The van der Waals surface area contributed by atoms with Crippen LogP contribution in [0.25, 0.3) is 0 Å². The van der Waals surface area contributed by atoms with Crippen molar-refractivity contribution in [1.82, 2.24) is 14.9 Å². The number of hydrogen-bond donors (Lipinski definition) is 0. The number of amides is 1. The number of likely N-dealkylation sites (tertiary alicyclic amines) is 1. The van der Waals surface area contributed by atoms with Crippen molar-refractivity contribution in [1.29, 1.82) is 0 Å². The number of nitrogens with zero attached hydrogens (tertiary/aromatic N) is 3. The quantitative estimate of drug-likeness (QED) is 0.797. The van der Waals surface area contributed by atoms with Gasteiger partial charge in [0.05, 0.1) is 26.0 Å². The molecule has 2 atom stereocenters. The lowest BCUT2D eigenvalue weighted by molar-refractivity contribution is -0.138. The fourth-order valence-electron chi connectivity index (χ4n) is 3.17. The fourth-order valence-corrected chi connectivity index (χ4v) is 3.17.